The maximum atomic E-state index is 11.2. The maximum Gasteiger partial charge on any atom is 0.234 e. The quantitative estimate of drug-likeness (QED) is 0.631. The molecule has 14 heavy (non-hydrogen) atoms. The lowest BCUT2D eigenvalue weighted by molar-refractivity contribution is -0.120. The van der Waals surface area contributed by atoms with Crippen molar-refractivity contribution in [2.75, 3.05) is 13.1 Å². The summed E-state index contributed by atoms with van der Waals surface area (Å²) in [4.78, 5) is 11.2. The van der Waals surface area contributed by atoms with E-state index >= 15 is 0 Å². The number of nitrogens with one attached hydrogen (secondary N) is 2. The van der Waals surface area contributed by atoms with E-state index in [4.69, 9.17) is 0 Å². The first-order chi connectivity index (χ1) is 6.68. The summed E-state index contributed by atoms with van der Waals surface area (Å²) in [5, 5.41) is 6.03. The topological polar surface area (TPSA) is 41.1 Å². The van der Waals surface area contributed by atoms with Crippen molar-refractivity contribution in [2.45, 2.75) is 45.6 Å². The largest absolute Gasteiger partial charge is 0.353 e. The minimum absolute atomic E-state index is 0.105. The van der Waals surface area contributed by atoms with Crippen LogP contribution in [0.1, 0.15) is 39.5 Å². The Balaban J connectivity index is 1.89. The lowest BCUT2D eigenvalue weighted by Crippen LogP contribution is -2.38. The molecule has 0 aromatic heterocycles. The van der Waals surface area contributed by atoms with Crippen LogP contribution in [0, 0.1) is 5.92 Å². The molecule has 1 fully saturated rings. The van der Waals surface area contributed by atoms with Gasteiger partial charge in [0.2, 0.25) is 5.91 Å². The lowest BCUT2D eigenvalue weighted by Gasteiger charge is -2.25. The van der Waals surface area contributed by atoms with E-state index in [1.807, 2.05) is 13.8 Å². The van der Waals surface area contributed by atoms with Crippen LogP contribution in [0.15, 0.2) is 0 Å². The summed E-state index contributed by atoms with van der Waals surface area (Å²) < 4.78 is 0. The van der Waals surface area contributed by atoms with E-state index in [0.29, 0.717) is 6.54 Å². The van der Waals surface area contributed by atoms with Crippen LogP contribution >= 0.6 is 0 Å². The Morgan fingerprint density at radius 2 is 2.14 bits per heavy atom. The Kier molecular flexibility index (Phi) is 4.94. The maximum absolute atomic E-state index is 11.2. The molecule has 3 nitrogen and oxygen atoms in total. The average molecular weight is 198 g/mol. The van der Waals surface area contributed by atoms with Crippen molar-refractivity contribution in [1.29, 1.82) is 0 Å². The molecule has 0 radical (unpaired) electrons. The molecular weight excluding hydrogens is 176 g/mol. The summed E-state index contributed by atoms with van der Waals surface area (Å²) in [6.07, 6.45) is 5.41. The highest BCUT2D eigenvalue weighted by Crippen LogP contribution is 2.28. The van der Waals surface area contributed by atoms with Gasteiger partial charge in [-0.1, -0.05) is 19.3 Å². The van der Waals surface area contributed by atoms with E-state index < -0.39 is 0 Å². The van der Waals surface area contributed by atoms with Crippen LogP contribution in [0.4, 0.5) is 0 Å². The van der Waals surface area contributed by atoms with E-state index in [-0.39, 0.29) is 11.9 Å². The molecular formula is C11H22N2O. The summed E-state index contributed by atoms with van der Waals surface area (Å²) in [5.41, 5.74) is 0. The molecule has 0 heterocycles. The summed E-state index contributed by atoms with van der Waals surface area (Å²) in [7, 11) is 0. The normalized spacial score (nSPS) is 16.8. The second-order valence-electron chi connectivity index (χ2n) is 4.48. The van der Waals surface area contributed by atoms with Crippen LogP contribution in [0.5, 0.6) is 0 Å². The van der Waals surface area contributed by atoms with Gasteiger partial charge in [0.15, 0.2) is 0 Å². The molecule has 0 bridgehead atoms. The van der Waals surface area contributed by atoms with Crippen LogP contribution in [0.2, 0.25) is 0 Å². The second kappa shape index (κ2) is 6.02. The molecule has 1 amide bonds. The molecule has 1 aliphatic rings. The third-order valence-electron chi connectivity index (χ3n) is 2.69. The number of carbonyl (C=O) groups excluding carboxylic acids is 1. The van der Waals surface area contributed by atoms with Gasteiger partial charge in [0, 0.05) is 6.04 Å². The van der Waals surface area contributed by atoms with E-state index in [2.05, 4.69) is 10.6 Å². The number of rotatable bonds is 6. The third-order valence-corrected chi connectivity index (χ3v) is 2.69. The van der Waals surface area contributed by atoms with Gasteiger partial charge in [0.1, 0.15) is 0 Å². The molecule has 0 aliphatic heterocycles. The van der Waals surface area contributed by atoms with Crippen molar-refractivity contribution in [3.63, 3.8) is 0 Å². The zero-order valence-corrected chi connectivity index (χ0v) is 9.31. The predicted octanol–water partition coefficient (Wildman–Crippen LogP) is 1.29. The van der Waals surface area contributed by atoms with Gasteiger partial charge < -0.3 is 10.6 Å². The SMILES string of the molecule is CC(C)NC(=O)CNCCC1CCC1. The van der Waals surface area contributed by atoms with Crippen LogP contribution in [0.3, 0.4) is 0 Å². The molecule has 3 heteroatoms. The summed E-state index contributed by atoms with van der Waals surface area (Å²) in [6, 6.07) is 0.246. The van der Waals surface area contributed by atoms with Gasteiger partial charge in [-0.3, -0.25) is 4.79 Å². The van der Waals surface area contributed by atoms with Crippen molar-refractivity contribution >= 4 is 5.91 Å². The second-order valence-corrected chi connectivity index (χ2v) is 4.48. The molecule has 0 aromatic rings. The number of carbonyl (C=O) groups is 1. The highest BCUT2D eigenvalue weighted by molar-refractivity contribution is 5.78. The Morgan fingerprint density at radius 1 is 1.43 bits per heavy atom. The molecule has 0 aromatic carbocycles. The molecule has 1 saturated carbocycles. The molecule has 0 spiro atoms. The molecule has 0 unspecified atom stereocenters. The van der Waals surface area contributed by atoms with Crippen molar-refractivity contribution in [3.05, 3.63) is 0 Å². The molecule has 82 valence electrons. The first kappa shape index (κ1) is 11.5. The lowest BCUT2D eigenvalue weighted by atomic mass is 9.83. The van der Waals surface area contributed by atoms with Gasteiger partial charge in [0.25, 0.3) is 0 Å². The molecule has 1 rings (SSSR count). The fraction of sp³-hybridized carbons (Fsp3) is 0.909. The van der Waals surface area contributed by atoms with Gasteiger partial charge in [-0.2, -0.15) is 0 Å². The third kappa shape index (κ3) is 4.61. The van der Waals surface area contributed by atoms with Gasteiger partial charge in [0.05, 0.1) is 6.54 Å². The van der Waals surface area contributed by atoms with E-state index in [9.17, 15) is 4.79 Å². The predicted molar refractivity (Wildman–Crippen MR) is 58.1 cm³/mol. The average Bonchev–Trinajstić information content (AvgIpc) is 1.99. The highest BCUT2D eigenvalue weighted by atomic mass is 16.1. The highest BCUT2D eigenvalue weighted by Gasteiger charge is 2.16. The minimum atomic E-state index is 0.105. The van der Waals surface area contributed by atoms with Crippen molar-refractivity contribution in [3.8, 4) is 0 Å². The molecule has 2 N–H and O–H groups in total. The standard InChI is InChI=1S/C11H22N2O/c1-9(2)13-11(14)8-12-7-6-10-4-3-5-10/h9-10,12H,3-8H2,1-2H3,(H,13,14). The summed E-state index contributed by atoms with van der Waals surface area (Å²) in [6.45, 7) is 5.40. The zero-order valence-electron chi connectivity index (χ0n) is 9.31. The van der Waals surface area contributed by atoms with E-state index in [0.717, 1.165) is 12.5 Å². The van der Waals surface area contributed by atoms with Crippen LogP contribution in [0.25, 0.3) is 0 Å². The summed E-state index contributed by atoms with van der Waals surface area (Å²) >= 11 is 0. The Morgan fingerprint density at radius 3 is 2.64 bits per heavy atom. The van der Waals surface area contributed by atoms with Crippen molar-refractivity contribution in [1.82, 2.24) is 10.6 Å². The minimum Gasteiger partial charge on any atom is -0.353 e. The summed E-state index contributed by atoms with van der Waals surface area (Å²) in [5.74, 6) is 1.03. The molecule has 0 atom stereocenters. The first-order valence-electron chi connectivity index (χ1n) is 5.68. The van der Waals surface area contributed by atoms with E-state index in [1.165, 1.54) is 25.7 Å². The van der Waals surface area contributed by atoms with Gasteiger partial charge >= 0.3 is 0 Å². The zero-order chi connectivity index (χ0) is 10.4. The fourth-order valence-corrected chi connectivity index (χ4v) is 1.66. The Bertz CT molecular complexity index is 176. The first-order valence-corrected chi connectivity index (χ1v) is 5.68. The number of amides is 1. The van der Waals surface area contributed by atoms with Crippen molar-refractivity contribution in [2.24, 2.45) is 5.92 Å². The van der Waals surface area contributed by atoms with Crippen molar-refractivity contribution < 1.29 is 4.79 Å². The number of hydrogen-bond donors (Lipinski definition) is 2. The van der Waals surface area contributed by atoms with Crippen LogP contribution in [-0.2, 0) is 4.79 Å². The van der Waals surface area contributed by atoms with Gasteiger partial charge in [-0.05, 0) is 32.7 Å². The fourth-order valence-electron chi connectivity index (χ4n) is 1.66. The van der Waals surface area contributed by atoms with Crippen LogP contribution in [-0.4, -0.2) is 25.0 Å². The van der Waals surface area contributed by atoms with Crippen LogP contribution < -0.4 is 10.6 Å². The Hall–Kier alpha value is -0.570. The van der Waals surface area contributed by atoms with Gasteiger partial charge in [-0.15, -0.1) is 0 Å². The van der Waals surface area contributed by atoms with Gasteiger partial charge in [-0.25, -0.2) is 0 Å². The Labute approximate surface area is 86.6 Å². The van der Waals surface area contributed by atoms with E-state index in [1.54, 1.807) is 0 Å². The molecule has 1 aliphatic carbocycles. The number of hydrogen-bond acceptors (Lipinski definition) is 2. The monoisotopic (exact) mass is 198 g/mol. The smallest absolute Gasteiger partial charge is 0.234 e. The molecule has 0 saturated heterocycles.